The van der Waals surface area contributed by atoms with Gasteiger partial charge in [-0.05, 0) is 30.2 Å². The van der Waals surface area contributed by atoms with Gasteiger partial charge >= 0.3 is 0 Å². The normalized spacial score (nSPS) is 20.0. The number of aromatic nitrogens is 1. The first-order valence-electron chi connectivity index (χ1n) is 8.39. The van der Waals surface area contributed by atoms with Crippen molar-refractivity contribution in [3.8, 4) is 5.75 Å². The van der Waals surface area contributed by atoms with Crippen LogP contribution in [0, 0.1) is 5.82 Å². The topological polar surface area (TPSA) is 60.5 Å². The minimum atomic E-state index is -0.346. The monoisotopic (exact) mass is 344 g/mol. The van der Waals surface area contributed by atoms with Gasteiger partial charge in [-0.2, -0.15) is 0 Å². The summed E-state index contributed by atoms with van der Waals surface area (Å²) in [4.78, 5) is 16.3. The minimum Gasteiger partial charge on any atom is -0.488 e. The molecule has 2 atom stereocenters. The standard InChI is InChI=1S/C19H21FN2O3/c20-15-4-1-5-16(11-15)25-18-8-10-24-13-17(18)22-19(23)7-6-14-3-2-9-21-12-14/h1-5,9,11-12,17-18H,6-8,10,13H2,(H,22,23)/t17-,18+/m1/s1. The van der Waals surface area contributed by atoms with E-state index in [-0.39, 0.29) is 23.9 Å². The maximum atomic E-state index is 13.3. The quantitative estimate of drug-likeness (QED) is 0.875. The van der Waals surface area contributed by atoms with E-state index in [0.29, 0.717) is 38.2 Å². The van der Waals surface area contributed by atoms with Gasteiger partial charge in [0.2, 0.25) is 5.91 Å². The first-order valence-corrected chi connectivity index (χ1v) is 8.39. The number of halogens is 1. The van der Waals surface area contributed by atoms with Gasteiger partial charge in [0.1, 0.15) is 17.7 Å². The van der Waals surface area contributed by atoms with Crippen molar-refractivity contribution in [1.29, 1.82) is 0 Å². The number of benzene rings is 1. The number of pyridine rings is 1. The van der Waals surface area contributed by atoms with Crippen LogP contribution >= 0.6 is 0 Å². The van der Waals surface area contributed by atoms with Gasteiger partial charge in [0.25, 0.3) is 0 Å². The van der Waals surface area contributed by atoms with Gasteiger partial charge in [0.05, 0.1) is 19.3 Å². The summed E-state index contributed by atoms with van der Waals surface area (Å²) in [5, 5.41) is 2.97. The average Bonchev–Trinajstić information content (AvgIpc) is 2.63. The molecular weight excluding hydrogens is 323 g/mol. The third-order valence-corrected chi connectivity index (χ3v) is 4.09. The van der Waals surface area contributed by atoms with E-state index in [0.717, 1.165) is 5.56 Å². The first kappa shape index (κ1) is 17.4. The Labute approximate surface area is 146 Å². The van der Waals surface area contributed by atoms with E-state index in [2.05, 4.69) is 10.3 Å². The van der Waals surface area contributed by atoms with Gasteiger partial charge in [-0.15, -0.1) is 0 Å². The summed E-state index contributed by atoms with van der Waals surface area (Å²) in [5.41, 5.74) is 1.02. The SMILES string of the molecule is O=C(CCc1cccnc1)N[C@@H]1COCC[C@@H]1Oc1cccc(F)c1. The number of nitrogens with zero attached hydrogens (tertiary/aromatic N) is 1. The molecule has 2 heterocycles. The van der Waals surface area contributed by atoms with Crippen LogP contribution in [0.4, 0.5) is 4.39 Å². The molecule has 132 valence electrons. The molecule has 0 spiro atoms. The number of carbonyl (C=O) groups is 1. The summed E-state index contributed by atoms with van der Waals surface area (Å²) in [5.74, 6) is 0.0512. The summed E-state index contributed by atoms with van der Waals surface area (Å²) < 4.78 is 24.6. The molecule has 1 aromatic carbocycles. The Morgan fingerprint density at radius 2 is 2.28 bits per heavy atom. The van der Waals surface area contributed by atoms with E-state index >= 15 is 0 Å². The van der Waals surface area contributed by atoms with Crippen molar-refractivity contribution < 1.29 is 18.7 Å². The average molecular weight is 344 g/mol. The first-order chi connectivity index (χ1) is 12.2. The van der Waals surface area contributed by atoms with Gasteiger partial charge in [-0.1, -0.05) is 12.1 Å². The van der Waals surface area contributed by atoms with Crippen LogP contribution in [0.5, 0.6) is 5.75 Å². The van der Waals surface area contributed by atoms with Crippen molar-refractivity contribution in [1.82, 2.24) is 10.3 Å². The zero-order valence-corrected chi connectivity index (χ0v) is 13.9. The van der Waals surface area contributed by atoms with Crippen LogP contribution in [0.25, 0.3) is 0 Å². The Balaban J connectivity index is 1.54. The zero-order valence-electron chi connectivity index (χ0n) is 13.9. The molecule has 2 aromatic rings. The van der Waals surface area contributed by atoms with Crippen LogP contribution in [0.15, 0.2) is 48.8 Å². The van der Waals surface area contributed by atoms with Crippen molar-refractivity contribution in [2.24, 2.45) is 0 Å². The molecule has 0 radical (unpaired) electrons. The molecule has 1 aliphatic rings. The van der Waals surface area contributed by atoms with E-state index in [9.17, 15) is 9.18 Å². The van der Waals surface area contributed by atoms with Crippen molar-refractivity contribution in [3.63, 3.8) is 0 Å². The summed E-state index contributed by atoms with van der Waals surface area (Å²) in [6.45, 7) is 0.945. The number of amides is 1. The molecule has 1 saturated heterocycles. The van der Waals surface area contributed by atoms with E-state index in [1.807, 2.05) is 12.1 Å². The second-order valence-electron chi connectivity index (χ2n) is 6.01. The van der Waals surface area contributed by atoms with Crippen LogP contribution in [0.2, 0.25) is 0 Å². The maximum absolute atomic E-state index is 13.3. The highest BCUT2D eigenvalue weighted by molar-refractivity contribution is 5.76. The fraction of sp³-hybridized carbons (Fsp3) is 0.368. The molecule has 5 nitrogen and oxygen atoms in total. The lowest BCUT2D eigenvalue weighted by Gasteiger charge is -2.32. The Bertz CT molecular complexity index is 696. The lowest BCUT2D eigenvalue weighted by atomic mass is 10.1. The Kier molecular flexibility index (Phi) is 5.95. The van der Waals surface area contributed by atoms with E-state index in [1.54, 1.807) is 24.5 Å². The van der Waals surface area contributed by atoms with Crippen LogP contribution in [0.3, 0.4) is 0 Å². The smallest absolute Gasteiger partial charge is 0.220 e. The fourth-order valence-electron chi connectivity index (χ4n) is 2.79. The molecular formula is C19H21FN2O3. The van der Waals surface area contributed by atoms with Crippen molar-refractivity contribution in [2.75, 3.05) is 13.2 Å². The van der Waals surface area contributed by atoms with Crippen LogP contribution in [-0.2, 0) is 16.0 Å². The Hall–Kier alpha value is -2.47. The number of hydrogen-bond acceptors (Lipinski definition) is 4. The van der Waals surface area contributed by atoms with E-state index in [4.69, 9.17) is 9.47 Å². The van der Waals surface area contributed by atoms with Crippen molar-refractivity contribution >= 4 is 5.91 Å². The molecule has 1 fully saturated rings. The minimum absolute atomic E-state index is 0.0628. The highest BCUT2D eigenvalue weighted by atomic mass is 19.1. The molecule has 0 unspecified atom stereocenters. The second kappa shape index (κ2) is 8.58. The fourth-order valence-corrected chi connectivity index (χ4v) is 2.79. The number of carbonyl (C=O) groups excluding carboxylic acids is 1. The summed E-state index contributed by atoms with van der Waals surface area (Å²) in [6, 6.07) is 9.57. The third-order valence-electron chi connectivity index (χ3n) is 4.09. The van der Waals surface area contributed by atoms with Crippen LogP contribution < -0.4 is 10.1 Å². The lowest BCUT2D eigenvalue weighted by Crippen LogP contribution is -2.51. The largest absolute Gasteiger partial charge is 0.488 e. The van der Waals surface area contributed by atoms with Gasteiger partial charge in [0.15, 0.2) is 0 Å². The molecule has 0 saturated carbocycles. The van der Waals surface area contributed by atoms with Crippen LogP contribution in [-0.4, -0.2) is 36.3 Å². The molecule has 3 rings (SSSR count). The second-order valence-corrected chi connectivity index (χ2v) is 6.01. The summed E-state index contributed by atoms with van der Waals surface area (Å²) in [7, 11) is 0. The zero-order chi connectivity index (χ0) is 17.5. The number of rotatable bonds is 6. The molecule has 1 aromatic heterocycles. The number of aryl methyl sites for hydroxylation is 1. The van der Waals surface area contributed by atoms with Crippen molar-refractivity contribution in [2.45, 2.75) is 31.4 Å². The summed E-state index contributed by atoms with van der Waals surface area (Å²) in [6.07, 6.45) is 4.86. The van der Waals surface area contributed by atoms with E-state index < -0.39 is 0 Å². The summed E-state index contributed by atoms with van der Waals surface area (Å²) >= 11 is 0. The van der Waals surface area contributed by atoms with Gasteiger partial charge in [-0.25, -0.2) is 4.39 Å². The molecule has 0 bridgehead atoms. The highest BCUT2D eigenvalue weighted by Gasteiger charge is 2.29. The van der Waals surface area contributed by atoms with Gasteiger partial charge < -0.3 is 14.8 Å². The van der Waals surface area contributed by atoms with Gasteiger partial charge in [0, 0.05) is 31.3 Å². The molecule has 1 amide bonds. The van der Waals surface area contributed by atoms with E-state index in [1.165, 1.54) is 12.1 Å². The highest BCUT2D eigenvalue weighted by Crippen LogP contribution is 2.19. The van der Waals surface area contributed by atoms with Gasteiger partial charge in [-0.3, -0.25) is 9.78 Å². The predicted molar refractivity (Wildman–Crippen MR) is 90.7 cm³/mol. The van der Waals surface area contributed by atoms with Crippen LogP contribution in [0.1, 0.15) is 18.4 Å². The third kappa shape index (κ3) is 5.26. The molecule has 0 aliphatic carbocycles. The molecule has 1 N–H and O–H groups in total. The lowest BCUT2D eigenvalue weighted by molar-refractivity contribution is -0.124. The number of nitrogens with one attached hydrogen (secondary N) is 1. The Morgan fingerprint density at radius 1 is 1.36 bits per heavy atom. The predicted octanol–water partition coefficient (Wildman–Crippen LogP) is 2.51. The number of hydrogen-bond donors (Lipinski definition) is 1. The molecule has 6 heteroatoms. The molecule has 25 heavy (non-hydrogen) atoms. The number of ether oxygens (including phenoxy) is 2. The maximum Gasteiger partial charge on any atom is 0.220 e. The molecule has 1 aliphatic heterocycles. The van der Waals surface area contributed by atoms with Crippen molar-refractivity contribution in [3.05, 3.63) is 60.2 Å². The Morgan fingerprint density at radius 3 is 3.08 bits per heavy atom.